The summed E-state index contributed by atoms with van der Waals surface area (Å²) in [5.74, 6) is 0.407. The lowest BCUT2D eigenvalue weighted by Gasteiger charge is -2.11. The average Bonchev–Trinajstić information content (AvgIpc) is 1.98. The molecule has 1 rings (SSSR count). The molecule has 0 saturated heterocycles. The minimum Gasteiger partial charge on any atom is -0.319 e. The molecule has 0 aromatic rings. The molecule has 0 N–H and O–H groups in total. The molecule has 1 heterocycles. The van der Waals surface area contributed by atoms with E-state index < -0.39 is 0 Å². The molecule has 0 saturated carbocycles. The van der Waals surface area contributed by atoms with Crippen LogP contribution < -0.4 is 0 Å². The highest BCUT2D eigenvalue weighted by atomic mass is 15.6. The molecule has 0 atom stereocenters. The van der Waals surface area contributed by atoms with Gasteiger partial charge in [-0.2, -0.15) is 5.10 Å². The van der Waals surface area contributed by atoms with Crippen molar-refractivity contribution in [3.05, 3.63) is 12.4 Å². The molecular weight excluding hydrogens is 102 g/mol. The van der Waals surface area contributed by atoms with Crippen LogP contribution in [0.15, 0.2) is 10.9 Å². The Morgan fingerprint density at radius 1 is 1.62 bits per heavy atom. The van der Waals surface area contributed by atoms with Gasteiger partial charge >= 0.3 is 0 Å². The first-order chi connectivity index (χ1) is 3.72. The Morgan fingerprint density at radius 2 is 2.25 bits per heavy atom. The van der Waals surface area contributed by atoms with Crippen LogP contribution in [0.4, 0.5) is 0 Å². The number of nitrogens with zero attached hydrogens (tertiary/aromatic N) is 3. The molecule has 0 spiro atoms. The van der Waals surface area contributed by atoms with Crippen molar-refractivity contribution in [3.8, 4) is 0 Å². The maximum absolute atomic E-state index is 7.19. The molecule has 1 aliphatic rings. The second-order valence-corrected chi connectivity index (χ2v) is 1.69. The van der Waals surface area contributed by atoms with Gasteiger partial charge in [-0.05, 0) is 0 Å². The first-order valence-electron chi connectivity index (χ1n) is 2.31. The van der Waals surface area contributed by atoms with Crippen molar-refractivity contribution in [1.82, 2.24) is 9.91 Å². The SMILES string of the molecule is [C]=C1N(C)C=NN1C. The van der Waals surface area contributed by atoms with Crippen molar-refractivity contribution >= 4 is 6.34 Å². The summed E-state index contributed by atoms with van der Waals surface area (Å²) in [6.07, 6.45) is 1.60. The lowest BCUT2D eigenvalue weighted by Crippen LogP contribution is -2.15. The van der Waals surface area contributed by atoms with Crippen LogP contribution in [0.5, 0.6) is 0 Å². The van der Waals surface area contributed by atoms with Gasteiger partial charge < -0.3 is 4.90 Å². The van der Waals surface area contributed by atoms with E-state index in [1.807, 2.05) is 0 Å². The topological polar surface area (TPSA) is 18.8 Å². The van der Waals surface area contributed by atoms with Crippen LogP contribution in [-0.4, -0.2) is 30.3 Å². The Morgan fingerprint density at radius 3 is 2.38 bits per heavy atom. The zero-order valence-electron chi connectivity index (χ0n) is 4.92. The van der Waals surface area contributed by atoms with Crippen LogP contribution in [0.3, 0.4) is 0 Å². The number of rotatable bonds is 0. The predicted molar refractivity (Wildman–Crippen MR) is 30.8 cm³/mol. The van der Waals surface area contributed by atoms with Crippen molar-refractivity contribution in [2.45, 2.75) is 0 Å². The minimum atomic E-state index is 0.407. The molecule has 8 heavy (non-hydrogen) atoms. The van der Waals surface area contributed by atoms with Gasteiger partial charge in [0.2, 0.25) is 0 Å². The van der Waals surface area contributed by atoms with Gasteiger partial charge in [-0.1, -0.05) is 0 Å². The summed E-state index contributed by atoms with van der Waals surface area (Å²) in [4.78, 5) is 1.64. The van der Waals surface area contributed by atoms with Crippen molar-refractivity contribution < 1.29 is 0 Å². The molecule has 0 aliphatic carbocycles. The van der Waals surface area contributed by atoms with Gasteiger partial charge in [0.25, 0.3) is 0 Å². The van der Waals surface area contributed by atoms with Gasteiger partial charge in [-0.3, -0.25) is 5.01 Å². The fourth-order valence-corrected chi connectivity index (χ4v) is 0.493. The van der Waals surface area contributed by atoms with E-state index in [0.29, 0.717) is 5.82 Å². The third kappa shape index (κ3) is 0.559. The molecule has 0 unspecified atom stereocenters. The lowest BCUT2D eigenvalue weighted by atomic mass is 10.7. The maximum atomic E-state index is 7.19. The predicted octanol–water partition coefficient (Wildman–Crippen LogP) is -0.0417. The van der Waals surface area contributed by atoms with Gasteiger partial charge in [0.1, 0.15) is 12.2 Å². The van der Waals surface area contributed by atoms with E-state index in [2.05, 4.69) is 5.10 Å². The monoisotopic (exact) mass is 109 g/mol. The summed E-state index contributed by atoms with van der Waals surface area (Å²) in [7, 11) is 3.53. The first kappa shape index (κ1) is 5.15. The summed E-state index contributed by atoms with van der Waals surface area (Å²) in [6, 6.07) is 0. The minimum absolute atomic E-state index is 0.407. The molecule has 0 bridgehead atoms. The van der Waals surface area contributed by atoms with Crippen molar-refractivity contribution in [2.24, 2.45) is 5.10 Å². The molecule has 2 radical (unpaired) electrons. The van der Waals surface area contributed by atoms with Gasteiger partial charge in [0.05, 0.1) is 0 Å². The summed E-state index contributed by atoms with van der Waals surface area (Å²) in [6.45, 7) is 7.19. The van der Waals surface area contributed by atoms with Crippen LogP contribution in [0.1, 0.15) is 0 Å². The zero-order valence-corrected chi connectivity index (χ0v) is 4.92. The normalized spacial score (nSPS) is 18.5. The fraction of sp³-hybridized carbons (Fsp3) is 0.400. The van der Waals surface area contributed by atoms with Crippen LogP contribution in [0, 0.1) is 6.58 Å². The van der Waals surface area contributed by atoms with Crippen LogP contribution in [0.25, 0.3) is 0 Å². The standard InChI is InChI=1S/C5H7N3/c1-5-7(2)4-6-8(5)3/h4H,2-3H3. The van der Waals surface area contributed by atoms with Crippen molar-refractivity contribution in [3.63, 3.8) is 0 Å². The Balaban J connectivity index is 2.70. The Hall–Kier alpha value is -0.990. The Bertz CT molecular complexity index is 125. The molecule has 1 aliphatic heterocycles. The highest BCUT2D eigenvalue weighted by molar-refractivity contribution is 5.59. The largest absolute Gasteiger partial charge is 0.319 e. The van der Waals surface area contributed by atoms with Crippen LogP contribution >= 0.6 is 0 Å². The zero-order chi connectivity index (χ0) is 6.15. The molecule has 0 fully saturated rings. The van der Waals surface area contributed by atoms with E-state index in [1.54, 1.807) is 25.3 Å². The molecule has 3 heteroatoms. The molecular formula is C5H7N3. The third-order valence-electron chi connectivity index (χ3n) is 1.04. The summed E-state index contributed by atoms with van der Waals surface area (Å²) >= 11 is 0. The number of hydrazone groups is 1. The van der Waals surface area contributed by atoms with Crippen molar-refractivity contribution in [2.75, 3.05) is 14.1 Å². The van der Waals surface area contributed by atoms with Gasteiger partial charge in [0, 0.05) is 20.7 Å². The number of hydrogen-bond donors (Lipinski definition) is 0. The smallest absolute Gasteiger partial charge is 0.138 e. The van der Waals surface area contributed by atoms with E-state index in [-0.39, 0.29) is 0 Å². The van der Waals surface area contributed by atoms with E-state index >= 15 is 0 Å². The molecule has 0 aromatic heterocycles. The van der Waals surface area contributed by atoms with Gasteiger partial charge in [0.15, 0.2) is 0 Å². The van der Waals surface area contributed by atoms with E-state index in [1.165, 1.54) is 5.01 Å². The first-order valence-corrected chi connectivity index (χ1v) is 2.31. The molecule has 0 aromatic carbocycles. The highest BCUT2D eigenvalue weighted by Crippen LogP contribution is 2.06. The fourth-order valence-electron chi connectivity index (χ4n) is 0.493. The average molecular weight is 109 g/mol. The van der Waals surface area contributed by atoms with Crippen LogP contribution in [0.2, 0.25) is 0 Å². The maximum Gasteiger partial charge on any atom is 0.138 e. The Labute approximate surface area is 48.9 Å². The van der Waals surface area contributed by atoms with Gasteiger partial charge in [-0.25, -0.2) is 0 Å². The Kier molecular flexibility index (Phi) is 0.970. The molecule has 0 amide bonds. The lowest BCUT2D eigenvalue weighted by molar-refractivity contribution is 0.401. The van der Waals surface area contributed by atoms with Crippen molar-refractivity contribution in [1.29, 1.82) is 0 Å². The van der Waals surface area contributed by atoms with E-state index in [0.717, 1.165) is 0 Å². The second-order valence-electron chi connectivity index (χ2n) is 1.69. The summed E-state index contributed by atoms with van der Waals surface area (Å²) in [5.41, 5.74) is 0. The number of hydrogen-bond acceptors (Lipinski definition) is 3. The highest BCUT2D eigenvalue weighted by Gasteiger charge is 2.09. The molecule has 42 valence electrons. The summed E-state index contributed by atoms with van der Waals surface area (Å²) < 4.78 is 0. The van der Waals surface area contributed by atoms with E-state index in [9.17, 15) is 0 Å². The quantitative estimate of drug-likeness (QED) is 0.434. The van der Waals surface area contributed by atoms with Gasteiger partial charge in [-0.15, -0.1) is 0 Å². The summed E-state index contributed by atoms with van der Waals surface area (Å²) in [5, 5.41) is 5.31. The van der Waals surface area contributed by atoms with Crippen LogP contribution in [-0.2, 0) is 0 Å². The second kappa shape index (κ2) is 1.51. The molecule has 3 nitrogen and oxygen atoms in total. The third-order valence-corrected chi connectivity index (χ3v) is 1.04. The van der Waals surface area contributed by atoms with E-state index in [4.69, 9.17) is 6.58 Å².